The van der Waals surface area contributed by atoms with E-state index in [0.29, 0.717) is 18.0 Å². The average Bonchev–Trinajstić information content (AvgIpc) is 2.60. The molecule has 0 bridgehead atoms. The lowest BCUT2D eigenvalue weighted by Crippen LogP contribution is -2.32. The fourth-order valence-electron chi connectivity index (χ4n) is 2.33. The maximum absolute atomic E-state index is 13.1. The predicted octanol–water partition coefficient (Wildman–Crippen LogP) is 3.37. The van der Waals surface area contributed by atoms with Crippen molar-refractivity contribution in [1.82, 2.24) is 0 Å². The average molecular weight is 362 g/mol. The van der Waals surface area contributed by atoms with Crippen LogP contribution in [0.5, 0.6) is 5.75 Å². The number of sulfonamides is 1. The maximum atomic E-state index is 13.1. The van der Waals surface area contributed by atoms with E-state index in [1.165, 1.54) is 24.3 Å². The first-order valence-electron chi connectivity index (χ1n) is 7.52. The summed E-state index contributed by atoms with van der Waals surface area (Å²) in [5.41, 5.74) is -0.187. The van der Waals surface area contributed by atoms with Gasteiger partial charge in [0, 0.05) is 6.07 Å². The largest absolute Gasteiger partial charge is 0.492 e. The van der Waals surface area contributed by atoms with Gasteiger partial charge >= 0.3 is 0 Å². The van der Waals surface area contributed by atoms with Crippen LogP contribution in [0.1, 0.15) is 6.92 Å². The van der Waals surface area contributed by atoms with E-state index in [9.17, 15) is 18.5 Å². The van der Waals surface area contributed by atoms with Gasteiger partial charge in [-0.2, -0.15) is 0 Å². The number of hydrogen-bond acceptors (Lipinski definition) is 5. The number of nitro groups is 1. The van der Waals surface area contributed by atoms with E-state index in [4.69, 9.17) is 4.74 Å². The molecular formula is C17H18N2O5S. The summed E-state index contributed by atoms with van der Waals surface area (Å²) in [4.78, 5) is 10.1. The fraction of sp³-hybridized carbons (Fsp3) is 0.176. The second-order valence-corrected chi connectivity index (χ2v) is 6.78. The van der Waals surface area contributed by atoms with Crippen molar-refractivity contribution in [2.45, 2.75) is 11.8 Å². The third kappa shape index (κ3) is 3.80. The Morgan fingerprint density at radius 2 is 1.84 bits per heavy atom. The number of anilines is 1. The Bertz CT molecular complexity index is 880. The minimum absolute atomic E-state index is 0.0571. The van der Waals surface area contributed by atoms with Gasteiger partial charge in [-0.25, -0.2) is 8.42 Å². The summed E-state index contributed by atoms with van der Waals surface area (Å²) in [6, 6.07) is 11.9. The molecule has 0 aliphatic heterocycles. The van der Waals surface area contributed by atoms with E-state index < -0.39 is 20.6 Å². The Kier molecular flexibility index (Phi) is 5.76. The molecular weight excluding hydrogens is 344 g/mol. The van der Waals surface area contributed by atoms with Gasteiger partial charge in [0.1, 0.15) is 5.75 Å². The molecule has 7 nitrogen and oxygen atoms in total. The number of rotatable bonds is 8. The number of para-hydroxylation sites is 3. The number of nitro benzene ring substituents is 1. The standard InChI is InChI=1S/C17H18N2O5S/c1-3-13-18(14-9-5-7-11-16(14)24-4-2)25(22,23)17-12-8-6-10-15(17)19(20)21/h3,5-12H,1,4,13H2,2H3. The highest BCUT2D eigenvalue weighted by molar-refractivity contribution is 7.93. The van der Waals surface area contributed by atoms with Gasteiger partial charge in [-0.3, -0.25) is 14.4 Å². The van der Waals surface area contributed by atoms with Crippen LogP contribution in [0, 0.1) is 10.1 Å². The van der Waals surface area contributed by atoms with Gasteiger partial charge in [-0.05, 0) is 25.1 Å². The highest BCUT2D eigenvalue weighted by atomic mass is 32.2. The molecule has 0 aliphatic rings. The van der Waals surface area contributed by atoms with Gasteiger partial charge < -0.3 is 4.74 Å². The number of benzene rings is 2. The quantitative estimate of drug-likeness (QED) is 0.408. The molecule has 0 saturated heterocycles. The Balaban J connectivity index is 2.65. The van der Waals surface area contributed by atoms with Crippen molar-refractivity contribution in [1.29, 1.82) is 0 Å². The molecule has 2 rings (SSSR count). The van der Waals surface area contributed by atoms with Crippen molar-refractivity contribution < 1.29 is 18.1 Å². The van der Waals surface area contributed by atoms with E-state index in [2.05, 4.69) is 6.58 Å². The topological polar surface area (TPSA) is 89.8 Å². The molecule has 0 heterocycles. The second kappa shape index (κ2) is 7.80. The van der Waals surface area contributed by atoms with Crippen molar-refractivity contribution in [3.8, 4) is 5.75 Å². The summed E-state index contributed by atoms with van der Waals surface area (Å²) in [7, 11) is -4.19. The van der Waals surface area contributed by atoms with Crippen LogP contribution in [0.15, 0.2) is 66.1 Å². The van der Waals surface area contributed by atoms with Crippen molar-refractivity contribution in [3.05, 3.63) is 71.3 Å². The summed E-state index contributed by atoms with van der Waals surface area (Å²) in [6.45, 7) is 5.66. The summed E-state index contributed by atoms with van der Waals surface area (Å²) >= 11 is 0. The van der Waals surface area contributed by atoms with Crippen LogP contribution in [0.25, 0.3) is 0 Å². The molecule has 2 aromatic rings. The molecule has 25 heavy (non-hydrogen) atoms. The van der Waals surface area contributed by atoms with E-state index >= 15 is 0 Å². The Morgan fingerprint density at radius 3 is 2.48 bits per heavy atom. The molecule has 0 aliphatic carbocycles. The van der Waals surface area contributed by atoms with Gasteiger partial charge in [0.05, 0.1) is 23.8 Å². The Labute approximate surface area is 146 Å². The minimum atomic E-state index is -4.19. The highest BCUT2D eigenvalue weighted by Crippen LogP contribution is 2.34. The van der Waals surface area contributed by atoms with E-state index in [1.807, 2.05) is 0 Å². The predicted molar refractivity (Wildman–Crippen MR) is 95.4 cm³/mol. The summed E-state index contributed by atoms with van der Waals surface area (Å²) < 4.78 is 32.8. The molecule has 8 heteroatoms. The van der Waals surface area contributed by atoms with E-state index in [1.54, 1.807) is 31.2 Å². The third-order valence-corrected chi connectivity index (χ3v) is 5.19. The van der Waals surface area contributed by atoms with Crippen LogP contribution < -0.4 is 9.04 Å². The van der Waals surface area contributed by atoms with Gasteiger partial charge in [-0.1, -0.05) is 30.3 Å². The van der Waals surface area contributed by atoms with Crippen LogP contribution in [0.2, 0.25) is 0 Å². The fourth-order valence-corrected chi connectivity index (χ4v) is 3.94. The minimum Gasteiger partial charge on any atom is -0.492 e. The van der Waals surface area contributed by atoms with Crippen molar-refractivity contribution in [2.24, 2.45) is 0 Å². The maximum Gasteiger partial charge on any atom is 0.289 e. The number of ether oxygens (including phenoxy) is 1. The molecule has 0 unspecified atom stereocenters. The van der Waals surface area contributed by atoms with Crippen LogP contribution in [-0.2, 0) is 10.0 Å². The lowest BCUT2D eigenvalue weighted by Gasteiger charge is -2.25. The summed E-state index contributed by atoms with van der Waals surface area (Å²) in [6.07, 6.45) is 1.41. The van der Waals surface area contributed by atoms with Crippen molar-refractivity contribution in [2.75, 3.05) is 17.5 Å². The molecule has 0 amide bonds. The van der Waals surface area contributed by atoms with Crippen LogP contribution in [0.4, 0.5) is 11.4 Å². The lowest BCUT2D eigenvalue weighted by molar-refractivity contribution is -0.387. The third-order valence-electron chi connectivity index (χ3n) is 3.36. The highest BCUT2D eigenvalue weighted by Gasteiger charge is 2.32. The lowest BCUT2D eigenvalue weighted by atomic mass is 10.3. The second-order valence-electron chi connectivity index (χ2n) is 4.95. The molecule has 0 atom stereocenters. The first-order chi connectivity index (χ1) is 11.9. The molecule has 0 fully saturated rings. The van der Waals surface area contributed by atoms with Gasteiger partial charge in [-0.15, -0.1) is 6.58 Å². The van der Waals surface area contributed by atoms with Gasteiger partial charge in [0.15, 0.2) is 4.90 Å². The molecule has 0 saturated carbocycles. The van der Waals surface area contributed by atoms with Crippen molar-refractivity contribution in [3.63, 3.8) is 0 Å². The zero-order valence-electron chi connectivity index (χ0n) is 13.7. The molecule has 132 valence electrons. The number of nitrogens with zero attached hydrogens (tertiary/aromatic N) is 2. The first kappa shape index (κ1) is 18.5. The monoisotopic (exact) mass is 362 g/mol. The van der Waals surface area contributed by atoms with Gasteiger partial charge in [0.25, 0.3) is 15.7 Å². The molecule has 0 spiro atoms. The SMILES string of the molecule is C=CCN(c1ccccc1OCC)S(=O)(=O)c1ccccc1[N+](=O)[O-]. The summed E-state index contributed by atoms with van der Waals surface area (Å²) in [5, 5.41) is 11.2. The Morgan fingerprint density at radius 1 is 1.20 bits per heavy atom. The zero-order valence-corrected chi connectivity index (χ0v) is 14.5. The van der Waals surface area contributed by atoms with Gasteiger partial charge in [0.2, 0.25) is 0 Å². The normalized spacial score (nSPS) is 10.9. The van der Waals surface area contributed by atoms with Crippen LogP contribution >= 0.6 is 0 Å². The smallest absolute Gasteiger partial charge is 0.289 e. The molecule has 2 aromatic carbocycles. The molecule has 0 N–H and O–H groups in total. The Hall–Kier alpha value is -2.87. The zero-order chi connectivity index (χ0) is 18.4. The molecule has 0 radical (unpaired) electrons. The van der Waals surface area contributed by atoms with E-state index in [0.717, 1.165) is 10.4 Å². The van der Waals surface area contributed by atoms with Crippen molar-refractivity contribution >= 4 is 21.4 Å². The van der Waals surface area contributed by atoms with Crippen LogP contribution in [0.3, 0.4) is 0 Å². The van der Waals surface area contributed by atoms with E-state index in [-0.39, 0.29) is 11.4 Å². The molecule has 0 aromatic heterocycles. The van der Waals surface area contributed by atoms with Crippen LogP contribution in [-0.4, -0.2) is 26.5 Å². The summed E-state index contributed by atoms with van der Waals surface area (Å²) in [5.74, 6) is 0.369. The first-order valence-corrected chi connectivity index (χ1v) is 8.96. The number of hydrogen-bond donors (Lipinski definition) is 0.